The Kier molecular flexibility index (Phi) is 5.11. The van der Waals surface area contributed by atoms with E-state index >= 15 is 0 Å². The van der Waals surface area contributed by atoms with Crippen LogP contribution >= 0.6 is 0 Å². The summed E-state index contributed by atoms with van der Waals surface area (Å²) < 4.78 is 32.6. The Hall–Kier alpha value is -2.64. The molecule has 3 rings (SSSR count). The van der Waals surface area contributed by atoms with Crippen molar-refractivity contribution in [1.29, 1.82) is 0 Å². The average molecular weight is 372 g/mol. The number of aryl methyl sites for hydroxylation is 1. The quantitative estimate of drug-likeness (QED) is 0.696. The van der Waals surface area contributed by atoms with Gasteiger partial charge in [-0.3, -0.25) is 4.79 Å². The second-order valence-corrected chi connectivity index (χ2v) is 7.71. The summed E-state index contributed by atoms with van der Waals surface area (Å²) in [6.07, 6.45) is 0. The van der Waals surface area contributed by atoms with E-state index in [0.717, 1.165) is 16.5 Å². The van der Waals surface area contributed by atoms with Crippen molar-refractivity contribution in [2.75, 3.05) is 6.61 Å². The van der Waals surface area contributed by atoms with Crippen LogP contribution in [0.4, 0.5) is 0 Å². The van der Waals surface area contributed by atoms with E-state index in [9.17, 15) is 13.2 Å². The van der Waals surface area contributed by atoms with Crippen molar-refractivity contribution in [3.8, 4) is 5.75 Å². The molecule has 0 radical (unpaired) electrons. The highest BCUT2D eigenvalue weighted by atomic mass is 32.2. The van der Waals surface area contributed by atoms with Gasteiger partial charge < -0.3 is 9.72 Å². The molecule has 0 unspecified atom stereocenters. The lowest BCUT2D eigenvalue weighted by Gasteiger charge is -2.09. The van der Waals surface area contributed by atoms with Crippen LogP contribution in [0.15, 0.2) is 58.2 Å². The van der Waals surface area contributed by atoms with Gasteiger partial charge in [-0.1, -0.05) is 12.1 Å². The molecule has 0 bridgehead atoms. The number of aromatic amines is 1. The number of aromatic nitrogens is 1. The van der Waals surface area contributed by atoms with Gasteiger partial charge in [0.1, 0.15) is 5.75 Å². The fourth-order valence-electron chi connectivity index (χ4n) is 2.63. The fraction of sp³-hybridized carbons (Fsp3) is 0.211. The average Bonchev–Trinajstić information content (AvgIpc) is 2.61. The van der Waals surface area contributed by atoms with Crippen molar-refractivity contribution in [1.82, 2.24) is 9.71 Å². The molecule has 3 aromatic rings. The minimum atomic E-state index is -3.73. The monoisotopic (exact) mass is 372 g/mol. The summed E-state index contributed by atoms with van der Waals surface area (Å²) in [7, 11) is -3.73. The van der Waals surface area contributed by atoms with Gasteiger partial charge in [-0.05, 0) is 61.2 Å². The molecular weight excluding hydrogens is 352 g/mol. The molecule has 2 N–H and O–H groups in total. The largest absolute Gasteiger partial charge is 0.494 e. The first-order valence-corrected chi connectivity index (χ1v) is 9.72. The molecule has 1 heterocycles. The maximum atomic E-state index is 12.4. The maximum Gasteiger partial charge on any atom is 0.252 e. The zero-order valence-corrected chi connectivity index (χ0v) is 15.4. The first-order chi connectivity index (χ1) is 12.4. The van der Waals surface area contributed by atoms with Gasteiger partial charge in [0.05, 0.1) is 11.5 Å². The van der Waals surface area contributed by atoms with Gasteiger partial charge >= 0.3 is 0 Å². The van der Waals surface area contributed by atoms with Crippen LogP contribution in [-0.4, -0.2) is 20.0 Å². The SMILES string of the molecule is CCOc1ccc(S(=O)(=O)NCc2cc3ccc(C)cc3[nH]c2=O)cc1. The van der Waals surface area contributed by atoms with Crippen LogP contribution in [-0.2, 0) is 16.6 Å². The number of fused-ring (bicyclic) bond motifs is 1. The third-order valence-corrected chi connectivity index (χ3v) is 5.39. The molecule has 2 aromatic carbocycles. The number of sulfonamides is 1. The normalized spacial score (nSPS) is 11.6. The third-order valence-electron chi connectivity index (χ3n) is 3.98. The van der Waals surface area contributed by atoms with Crippen molar-refractivity contribution in [3.05, 3.63) is 70.0 Å². The molecule has 0 amide bonds. The highest BCUT2D eigenvalue weighted by Gasteiger charge is 2.15. The number of nitrogens with one attached hydrogen (secondary N) is 2. The number of H-pyrrole nitrogens is 1. The molecule has 0 fully saturated rings. The van der Waals surface area contributed by atoms with E-state index in [0.29, 0.717) is 17.9 Å². The van der Waals surface area contributed by atoms with Gasteiger partial charge in [0.2, 0.25) is 10.0 Å². The molecule has 26 heavy (non-hydrogen) atoms. The van der Waals surface area contributed by atoms with Crippen LogP contribution in [0.1, 0.15) is 18.1 Å². The van der Waals surface area contributed by atoms with Gasteiger partial charge in [0, 0.05) is 17.6 Å². The molecule has 0 aliphatic rings. The molecule has 0 saturated heterocycles. The van der Waals surface area contributed by atoms with Crippen LogP contribution < -0.4 is 15.0 Å². The summed E-state index contributed by atoms with van der Waals surface area (Å²) in [5.74, 6) is 0.604. The van der Waals surface area contributed by atoms with E-state index in [-0.39, 0.29) is 17.0 Å². The van der Waals surface area contributed by atoms with Gasteiger partial charge in [-0.15, -0.1) is 0 Å². The molecule has 7 heteroatoms. The summed E-state index contributed by atoms with van der Waals surface area (Å²) in [4.78, 5) is 15.1. The maximum absolute atomic E-state index is 12.4. The van der Waals surface area contributed by atoms with Crippen LogP contribution in [0, 0.1) is 6.92 Å². The Morgan fingerprint density at radius 1 is 1.08 bits per heavy atom. The third kappa shape index (κ3) is 3.95. The van der Waals surface area contributed by atoms with Crippen molar-refractivity contribution in [2.24, 2.45) is 0 Å². The van der Waals surface area contributed by atoms with E-state index in [1.54, 1.807) is 18.2 Å². The zero-order valence-electron chi connectivity index (χ0n) is 14.6. The molecule has 1 aromatic heterocycles. The molecule has 0 aliphatic heterocycles. The van der Waals surface area contributed by atoms with E-state index in [1.807, 2.05) is 32.0 Å². The Balaban J connectivity index is 1.81. The van der Waals surface area contributed by atoms with E-state index in [4.69, 9.17) is 4.74 Å². The lowest BCUT2D eigenvalue weighted by atomic mass is 10.1. The number of rotatable bonds is 6. The molecular formula is C19H20N2O4S. The van der Waals surface area contributed by atoms with E-state index < -0.39 is 10.0 Å². The molecule has 0 saturated carbocycles. The van der Waals surface area contributed by atoms with Crippen LogP contribution in [0.2, 0.25) is 0 Å². The van der Waals surface area contributed by atoms with Gasteiger partial charge in [-0.25, -0.2) is 13.1 Å². The predicted octanol–water partition coefficient (Wildman–Crippen LogP) is 2.71. The topological polar surface area (TPSA) is 88.3 Å². The Labute approximate surface area is 151 Å². The first-order valence-electron chi connectivity index (χ1n) is 8.24. The van der Waals surface area contributed by atoms with Gasteiger partial charge in [0.25, 0.3) is 5.56 Å². The predicted molar refractivity (Wildman–Crippen MR) is 101 cm³/mol. The first kappa shape index (κ1) is 18.2. The molecule has 136 valence electrons. The Bertz CT molecular complexity index is 1090. The van der Waals surface area contributed by atoms with Gasteiger partial charge in [-0.2, -0.15) is 0 Å². The number of ether oxygens (including phenoxy) is 1. The summed E-state index contributed by atoms with van der Waals surface area (Å²) in [6.45, 7) is 4.22. The molecule has 0 atom stereocenters. The van der Waals surface area contributed by atoms with Crippen molar-refractivity contribution >= 4 is 20.9 Å². The number of hydrogen-bond acceptors (Lipinski definition) is 4. The summed E-state index contributed by atoms with van der Waals surface area (Å²) in [5, 5.41) is 0.852. The standard InChI is InChI=1S/C19H20N2O4S/c1-3-25-16-6-8-17(9-7-16)26(23,24)20-12-15-11-14-5-4-13(2)10-18(14)21-19(15)22/h4-11,20H,3,12H2,1-2H3,(H,21,22). The van der Waals surface area contributed by atoms with Gasteiger partial charge in [0.15, 0.2) is 0 Å². The second-order valence-electron chi connectivity index (χ2n) is 5.94. The highest BCUT2D eigenvalue weighted by Crippen LogP contribution is 2.17. The molecule has 6 nitrogen and oxygen atoms in total. The Morgan fingerprint density at radius 3 is 2.50 bits per heavy atom. The lowest BCUT2D eigenvalue weighted by Crippen LogP contribution is -2.27. The van der Waals surface area contributed by atoms with Crippen molar-refractivity contribution in [2.45, 2.75) is 25.3 Å². The zero-order chi connectivity index (χ0) is 18.7. The second kappa shape index (κ2) is 7.31. The number of benzene rings is 2. The molecule has 0 aliphatic carbocycles. The van der Waals surface area contributed by atoms with Crippen molar-refractivity contribution in [3.63, 3.8) is 0 Å². The number of hydrogen-bond donors (Lipinski definition) is 2. The summed E-state index contributed by atoms with van der Waals surface area (Å²) in [6, 6.07) is 13.6. The fourth-order valence-corrected chi connectivity index (χ4v) is 3.64. The van der Waals surface area contributed by atoms with Crippen LogP contribution in [0.5, 0.6) is 5.75 Å². The minimum absolute atomic E-state index is 0.0886. The van der Waals surface area contributed by atoms with Crippen LogP contribution in [0.25, 0.3) is 10.9 Å². The van der Waals surface area contributed by atoms with Crippen molar-refractivity contribution < 1.29 is 13.2 Å². The molecule has 0 spiro atoms. The van der Waals surface area contributed by atoms with Crippen LogP contribution in [0.3, 0.4) is 0 Å². The Morgan fingerprint density at radius 2 is 1.81 bits per heavy atom. The lowest BCUT2D eigenvalue weighted by molar-refractivity contribution is 0.340. The highest BCUT2D eigenvalue weighted by molar-refractivity contribution is 7.89. The minimum Gasteiger partial charge on any atom is -0.494 e. The van der Waals surface area contributed by atoms with E-state index in [2.05, 4.69) is 9.71 Å². The summed E-state index contributed by atoms with van der Waals surface area (Å²) in [5.41, 5.74) is 1.82. The smallest absolute Gasteiger partial charge is 0.252 e. The number of pyridine rings is 1. The summed E-state index contributed by atoms with van der Waals surface area (Å²) >= 11 is 0. The van der Waals surface area contributed by atoms with E-state index in [1.165, 1.54) is 12.1 Å².